The predicted molar refractivity (Wildman–Crippen MR) is 112 cm³/mol. The maximum absolute atomic E-state index is 13.1. The van der Waals surface area contributed by atoms with Gasteiger partial charge in [0.2, 0.25) is 0 Å². The third-order valence-electron chi connectivity index (χ3n) is 4.93. The van der Waals surface area contributed by atoms with Crippen molar-refractivity contribution in [1.29, 1.82) is 0 Å². The minimum absolute atomic E-state index is 0.246. The molecule has 0 bridgehead atoms. The Balaban J connectivity index is 1.42. The van der Waals surface area contributed by atoms with Crippen molar-refractivity contribution >= 4 is 17.3 Å². The number of halogens is 1. The molecule has 4 heterocycles. The van der Waals surface area contributed by atoms with Crippen molar-refractivity contribution in [1.82, 2.24) is 29.4 Å². The highest BCUT2D eigenvalue weighted by Crippen LogP contribution is 2.24. The molecule has 0 saturated carbocycles. The predicted octanol–water partition coefficient (Wildman–Crippen LogP) is 4.00. The summed E-state index contributed by atoms with van der Waals surface area (Å²) in [6.45, 7) is 0. The van der Waals surface area contributed by atoms with Crippen molar-refractivity contribution in [3.63, 3.8) is 0 Å². The Hall–Kier alpha value is -4.07. The number of nitrogens with zero attached hydrogens (tertiary/aromatic N) is 6. The second kappa shape index (κ2) is 7.40. The molecular formula is C22H18FN7. The summed E-state index contributed by atoms with van der Waals surface area (Å²) >= 11 is 0. The second-order valence-corrected chi connectivity index (χ2v) is 6.96. The van der Waals surface area contributed by atoms with Gasteiger partial charge in [-0.2, -0.15) is 5.10 Å². The first kappa shape index (κ1) is 18.0. The molecular weight excluding hydrogens is 381 g/mol. The van der Waals surface area contributed by atoms with Crippen LogP contribution in [-0.2, 0) is 13.5 Å². The summed E-state index contributed by atoms with van der Waals surface area (Å²) in [5.41, 5.74) is 3.76. The third kappa shape index (κ3) is 3.50. The molecule has 5 aromatic rings. The molecule has 0 amide bonds. The number of hydrogen-bond acceptors (Lipinski definition) is 5. The number of fused-ring (bicyclic) bond motifs is 1. The highest BCUT2D eigenvalue weighted by atomic mass is 19.1. The number of nitrogens with one attached hydrogen (secondary N) is 1. The number of aryl methyl sites for hydroxylation is 1. The Morgan fingerprint density at radius 2 is 1.77 bits per heavy atom. The highest BCUT2D eigenvalue weighted by Gasteiger charge is 2.09. The Bertz CT molecular complexity index is 1320. The second-order valence-electron chi connectivity index (χ2n) is 6.96. The fourth-order valence-electron chi connectivity index (χ4n) is 3.33. The van der Waals surface area contributed by atoms with Gasteiger partial charge in [0.1, 0.15) is 23.3 Å². The van der Waals surface area contributed by atoms with E-state index < -0.39 is 0 Å². The number of benzene rings is 1. The molecule has 4 aromatic heterocycles. The molecule has 0 radical (unpaired) electrons. The van der Waals surface area contributed by atoms with E-state index in [-0.39, 0.29) is 5.82 Å². The molecule has 0 fully saturated rings. The Morgan fingerprint density at radius 1 is 0.933 bits per heavy atom. The lowest BCUT2D eigenvalue weighted by atomic mass is 10.1. The molecule has 30 heavy (non-hydrogen) atoms. The largest absolute Gasteiger partial charge is 0.325 e. The molecule has 0 aliphatic carbocycles. The monoisotopic (exact) mass is 399 g/mol. The molecule has 148 valence electrons. The first-order valence-electron chi connectivity index (χ1n) is 9.45. The van der Waals surface area contributed by atoms with Gasteiger partial charge in [0.25, 0.3) is 0 Å². The van der Waals surface area contributed by atoms with Gasteiger partial charge in [0, 0.05) is 31.9 Å². The fourth-order valence-corrected chi connectivity index (χ4v) is 3.33. The average Bonchev–Trinajstić information content (AvgIpc) is 3.35. The number of anilines is 2. The van der Waals surface area contributed by atoms with E-state index in [0.29, 0.717) is 6.42 Å². The van der Waals surface area contributed by atoms with E-state index in [1.807, 2.05) is 48.0 Å². The highest BCUT2D eigenvalue weighted by molar-refractivity contribution is 5.70. The van der Waals surface area contributed by atoms with E-state index >= 15 is 0 Å². The minimum atomic E-state index is -0.246. The summed E-state index contributed by atoms with van der Waals surface area (Å²) in [5.74, 6) is 2.15. The van der Waals surface area contributed by atoms with Crippen molar-refractivity contribution in [3.05, 3.63) is 90.4 Å². The summed E-state index contributed by atoms with van der Waals surface area (Å²) in [5, 5.41) is 16.0. The van der Waals surface area contributed by atoms with Crippen molar-refractivity contribution in [2.24, 2.45) is 7.05 Å². The van der Waals surface area contributed by atoms with Crippen LogP contribution in [-0.4, -0.2) is 29.4 Å². The quantitative estimate of drug-likeness (QED) is 0.484. The van der Waals surface area contributed by atoms with Crippen LogP contribution in [0.2, 0.25) is 0 Å². The van der Waals surface area contributed by atoms with Crippen molar-refractivity contribution in [2.45, 2.75) is 6.42 Å². The average molecular weight is 399 g/mol. The summed E-state index contributed by atoms with van der Waals surface area (Å²) in [7, 11) is 1.87. The molecule has 1 aromatic carbocycles. The van der Waals surface area contributed by atoms with Crippen molar-refractivity contribution < 1.29 is 4.39 Å². The van der Waals surface area contributed by atoms with Gasteiger partial charge in [-0.1, -0.05) is 12.1 Å². The topological polar surface area (TPSA) is 72.9 Å². The van der Waals surface area contributed by atoms with Crippen LogP contribution in [0.1, 0.15) is 11.4 Å². The lowest BCUT2D eigenvalue weighted by molar-refractivity contribution is 0.627. The first-order valence-corrected chi connectivity index (χ1v) is 9.45. The zero-order chi connectivity index (χ0) is 20.5. The standard InChI is InChI=1S/C22H18FN7/c1-29-20(7-10-25-29)26-19-13-16(6-9-24-19)17-8-11-30-21(27-28-22(30)14-17)12-15-2-4-18(23)5-3-15/h2-11,13-14H,12H2,1H3,(H,24,26). The first-order chi connectivity index (χ1) is 14.7. The van der Waals surface area contributed by atoms with Crippen LogP contribution in [0.4, 0.5) is 16.0 Å². The summed E-state index contributed by atoms with van der Waals surface area (Å²) in [6, 6.07) is 16.3. The van der Waals surface area contributed by atoms with E-state index in [2.05, 4.69) is 25.6 Å². The number of aromatic nitrogens is 6. The van der Waals surface area contributed by atoms with Gasteiger partial charge in [-0.15, -0.1) is 10.2 Å². The summed E-state index contributed by atoms with van der Waals surface area (Å²) < 4.78 is 16.8. The normalized spacial score (nSPS) is 11.1. The Morgan fingerprint density at radius 3 is 2.57 bits per heavy atom. The van der Waals surface area contributed by atoms with Gasteiger partial charge in [-0.05, 0) is 53.1 Å². The maximum atomic E-state index is 13.1. The lowest BCUT2D eigenvalue weighted by Crippen LogP contribution is -2.00. The van der Waals surface area contributed by atoms with Crippen molar-refractivity contribution in [3.8, 4) is 11.1 Å². The molecule has 8 heteroatoms. The number of pyridine rings is 2. The smallest absolute Gasteiger partial charge is 0.161 e. The van der Waals surface area contributed by atoms with Crippen LogP contribution < -0.4 is 5.32 Å². The van der Waals surface area contributed by atoms with Gasteiger partial charge in [0.05, 0.1) is 6.20 Å². The molecule has 0 spiro atoms. The van der Waals surface area contributed by atoms with Gasteiger partial charge >= 0.3 is 0 Å². The third-order valence-corrected chi connectivity index (χ3v) is 4.93. The zero-order valence-corrected chi connectivity index (χ0v) is 16.2. The Labute approximate surface area is 171 Å². The van der Waals surface area contributed by atoms with Crippen LogP contribution in [0.15, 0.2) is 73.2 Å². The summed E-state index contributed by atoms with van der Waals surface area (Å²) in [6.07, 6.45) is 6.03. The zero-order valence-electron chi connectivity index (χ0n) is 16.2. The molecule has 0 atom stereocenters. The molecule has 5 rings (SSSR count). The summed E-state index contributed by atoms with van der Waals surface area (Å²) in [4.78, 5) is 4.39. The van der Waals surface area contributed by atoms with Crippen molar-refractivity contribution in [2.75, 3.05) is 5.32 Å². The van der Waals surface area contributed by atoms with Gasteiger partial charge in [-0.3, -0.25) is 9.08 Å². The van der Waals surface area contributed by atoms with E-state index in [9.17, 15) is 4.39 Å². The molecule has 0 aliphatic rings. The molecule has 0 aliphatic heterocycles. The number of rotatable bonds is 5. The molecule has 1 N–H and O–H groups in total. The van der Waals surface area contributed by atoms with Crippen LogP contribution in [0.25, 0.3) is 16.8 Å². The molecule has 7 nitrogen and oxygen atoms in total. The lowest BCUT2D eigenvalue weighted by Gasteiger charge is -2.08. The minimum Gasteiger partial charge on any atom is -0.325 e. The fraction of sp³-hybridized carbons (Fsp3) is 0.0909. The number of hydrogen-bond donors (Lipinski definition) is 1. The molecule has 0 unspecified atom stereocenters. The van der Waals surface area contributed by atoms with E-state index in [1.165, 1.54) is 12.1 Å². The van der Waals surface area contributed by atoms with E-state index in [0.717, 1.165) is 39.8 Å². The van der Waals surface area contributed by atoms with Gasteiger partial charge < -0.3 is 5.32 Å². The maximum Gasteiger partial charge on any atom is 0.161 e. The van der Waals surface area contributed by atoms with Crippen LogP contribution in [0, 0.1) is 5.82 Å². The van der Waals surface area contributed by atoms with Gasteiger partial charge in [-0.25, -0.2) is 9.37 Å². The van der Waals surface area contributed by atoms with Crippen LogP contribution >= 0.6 is 0 Å². The van der Waals surface area contributed by atoms with E-state index in [1.54, 1.807) is 29.2 Å². The van der Waals surface area contributed by atoms with Crippen LogP contribution in [0.5, 0.6) is 0 Å². The van der Waals surface area contributed by atoms with E-state index in [4.69, 9.17) is 0 Å². The van der Waals surface area contributed by atoms with Gasteiger partial charge in [0.15, 0.2) is 5.65 Å². The SMILES string of the molecule is Cn1nccc1Nc1cc(-c2ccn3c(Cc4ccc(F)cc4)nnc3c2)ccn1. The Kier molecular flexibility index (Phi) is 4.44. The molecule has 0 saturated heterocycles. The van der Waals surface area contributed by atoms with Crippen LogP contribution in [0.3, 0.4) is 0 Å².